The highest BCUT2D eigenvalue weighted by Crippen LogP contribution is 2.22. The minimum absolute atomic E-state index is 0.248. The van der Waals surface area contributed by atoms with Crippen molar-refractivity contribution in [2.75, 3.05) is 19.7 Å². The molecule has 0 N–H and O–H groups in total. The minimum Gasteiger partial charge on any atom is -0.466 e. The van der Waals surface area contributed by atoms with E-state index in [9.17, 15) is 14.4 Å². The number of piperidine rings is 1. The van der Waals surface area contributed by atoms with Gasteiger partial charge in [0.05, 0.1) is 12.5 Å². The van der Waals surface area contributed by atoms with Crippen LogP contribution in [-0.2, 0) is 14.3 Å². The third kappa shape index (κ3) is 5.23. The van der Waals surface area contributed by atoms with E-state index in [1.54, 1.807) is 36.2 Å². The lowest BCUT2D eigenvalue weighted by Gasteiger charge is -2.32. The molecule has 1 amide bonds. The molecule has 29 heavy (non-hydrogen) atoms. The van der Waals surface area contributed by atoms with Crippen LogP contribution in [0, 0.1) is 5.92 Å². The van der Waals surface area contributed by atoms with E-state index in [4.69, 9.17) is 4.74 Å². The number of carbonyl (C=O) groups excluding carboxylic acids is 2. The highest BCUT2D eigenvalue weighted by Gasteiger charge is 2.31. The van der Waals surface area contributed by atoms with Gasteiger partial charge in [-0.05, 0) is 49.6 Å². The lowest BCUT2D eigenvalue weighted by molar-refractivity contribution is -0.150. The molecular weight excluding hydrogens is 436 g/mol. The van der Waals surface area contributed by atoms with Crippen molar-refractivity contribution >= 4 is 39.6 Å². The quantitative estimate of drug-likeness (QED) is 0.508. The number of hydrogen-bond acceptors (Lipinski definition) is 4. The number of aromatic nitrogens is 1. The Balaban J connectivity index is 1.96. The average molecular weight is 459 g/mol. The molecule has 1 aliphatic heterocycles. The van der Waals surface area contributed by atoms with Crippen molar-refractivity contribution in [1.82, 2.24) is 9.47 Å². The molecule has 7 heteroatoms. The lowest BCUT2D eigenvalue weighted by Crippen LogP contribution is -2.44. The summed E-state index contributed by atoms with van der Waals surface area (Å²) in [6.07, 6.45) is 4.68. The van der Waals surface area contributed by atoms with Gasteiger partial charge in [0, 0.05) is 29.8 Å². The van der Waals surface area contributed by atoms with Gasteiger partial charge in [-0.25, -0.2) is 0 Å². The van der Waals surface area contributed by atoms with Crippen LogP contribution in [0.1, 0.15) is 25.3 Å². The summed E-state index contributed by atoms with van der Waals surface area (Å²) in [7, 11) is 0. The summed E-state index contributed by atoms with van der Waals surface area (Å²) in [6.45, 7) is 2.91. The van der Waals surface area contributed by atoms with Gasteiger partial charge in [-0.2, -0.15) is 0 Å². The summed E-state index contributed by atoms with van der Waals surface area (Å²) in [4.78, 5) is 39.6. The Hall–Kier alpha value is -2.67. The normalized spacial score (nSPS) is 17.1. The van der Waals surface area contributed by atoms with Crippen molar-refractivity contribution in [3.8, 4) is 0 Å². The number of rotatable bonds is 5. The molecule has 0 spiro atoms. The van der Waals surface area contributed by atoms with Crippen LogP contribution >= 0.6 is 15.9 Å². The first-order chi connectivity index (χ1) is 14.0. The molecule has 1 aromatic carbocycles. The average Bonchev–Trinajstić information content (AvgIpc) is 2.72. The molecule has 1 aliphatic rings. The Morgan fingerprint density at radius 2 is 2.07 bits per heavy atom. The zero-order valence-electron chi connectivity index (χ0n) is 16.2. The summed E-state index contributed by atoms with van der Waals surface area (Å²) >= 11 is 3.43. The molecule has 1 fully saturated rings. The maximum absolute atomic E-state index is 13.4. The topological polar surface area (TPSA) is 68.6 Å². The maximum Gasteiger partial charge on any atom is 0.310 e. The minimum atomic E-state index is -0.340. The first-order valence-electron chi connectivity index (χ1n) is 9.61. The smallest absolute Gasteiger partial charge is 0.310 e. The van der Waals surface area contributed by atoms with Crippen LogP contribution in [0.25, 0.3) is 11.8 Å². The molecule has 1 saturated heterocycles. The number of ether oxygens (including phenoxy) is 1. The molecule has 0 aliphatic carbocycles. The van der Waals surface area contributed by atoms with Gasteiger partial charge in [-0.3, -0.25) is 19.0 Å². The predicted octanol–water partition coefficient (Wildman–Crippen LogP) is 3.41. The van der Waals surface area contributed by atoms with Crippen molar-refractivity contribution in [3.05, 3.63) is 69.1 Å². The number of benzene rings is 1. The molecule has 2 heterocycles. The summed E-state index contributed by atoms with van der Waals surface area (Å²) in [5, 5.41) is 0. The van der Waals surface area contributed by atoms with Gasteiger partial charge in [0.15, 0.2) is 0 Å². The number of amides is 1. The highest BCUT2D eigenvalue weighted by atomic mass is 79.9. The molecular formula is C22H23BrN2O4. The van der Waals surface area contributed by atoms with E-state index in [0.717, 1.165) is 10.0 Å². The Morgan fingerprint density at radius 1 is 1.24 bits per heavy atom. The Bertz CT molecular complexity index is 983. The molecule has 6 nitrogen and oxygen atoms in total. The monoisotopic (exact) mass is 458 g/mol. The number of esters is 1. The Kier molecular flexibility index (Phi) is 7.04. The fourth-order valence-electron chi connectivity index (χ4n) is 3.39. The maximum atomic E-state index is 13.4. The molecule has 1 atom stereocenters. The van der Waals surface area contributed by atoms with Crippen LogP contribution < -0.4 is 5.56 Å². The largest absolute Gasteiger partial charge is 0.466 e. The first kappa shape index (κ1) is 21.0. The Labute approximate surface area is 177 Å². The molecule has 0 saturated carbocycles. The van der Waals surface area contributed by atoms with Gasteiger partial charge >= 0.3 is 5.97 Å². The molecule has 152 valence electrons. The van der Waals surface area contributed by atoms with Gasteiger partial charge in [0.1, 0.15) is 5.70 Å². The van der Waals surface area contributed by atoms with Crippen LogP contribution in [0.15, 0.2) is 57.9 Å². The number of hydrogen-bond donors (Lipinski definition) is 0. The first-order valence-corrected chi connectivity index (χ1v) is 10.4. The van der Waals surface area contributed by atoms with Crippen LogP contribution in [0.3, 0.4) is 0 Å². The van der Waals surface area contributed by atoms with Crippen LogP contribution in [0.2, 0.25) is 0 Å². The lowest BCUT2D eigenvalue weighted by atomic mass is 9.98. The number of likely N-dealkylation sites (tertiary alicyclic amines) is 1. The van der Waals surface area contributed by atoms with Gasteiger partial charge in [-0.15, -0.1) is 0 Å². The van der Waals surface area contributed by atoms with E-state index in [0.29, 0.717) is 26.0 Å². The van der Waals surface area contributed by atoms with Gasteiger partial charge in [0.25, 0.3) is 11.5 Å². The van der Waals surface area contributed by atoms with Crippen LogP contribution in [0.5, 0.6) is 0 Å². The molecule has 0 unspecified atom stereocenters. The standard InChI is InChI=1S/C22H23BrN2O4/c1-2-29-22(28)17-8-6-11-24(15-17)21(27)19(25-12-4-3-10-20(25)26)14-16-7-5-9-18(23)13-16/h3-5,7,9-10,12-14,17H,2,6,8,11,15H2,1H3/b19-14-/t17-/m1/s1. The molecule has 0 radical (unpaired) electrons. The summed E-state index contributed by atoms with van der Waals surface area (Å²) in [6, 6.07) is 12.3. The molecule has 2 aromatic rings. The third-order valence-electron chi connectivity index (χ3n) is 4.78. The van der Waals surface area contributed by atoms with E-state index in [1.807, 2.05) is 24.3 Å². The molecule has 0 bridgehead atoms. The van der Waals surface area contributed by atoms with Crippen LogP contribution in [0.4, 0.5) is 0 Å². The SMILES string of the molecule is CCOC(=O)[C@@H]1CCCN(C(=O)/C(=C/c2cccc(Br)c2)n2ccccc2=O)C1. The number of pyridine rings is 1. The van der Waals surface area contributed by atoms with E-state index in [-0.39, 0.29) is 35.6 Å². The third-order valence-corrected chi connectivity index (χ3v) is 5.27. The number of carbonyl (C=O) groups is 2. The van der Waals surface area contributed by atoms with Gasteiger partial charge in [-0.1, -0.05) is 34.1 Å². The fraction of sp³-hybridized carbons (Fsp3) is 0.318. The summed E-state index contributed by atoms with van der Waals surface area (Å²) in [5.74, 6) is -0.904. The van der Waals surface area contributed by atoms with Gasteiger partial charge < -0.3 is 9.64 Å². The summed E-state index contributed by atoms with van der Waals surface area (Å²) < 4.78 is 7.35. The fourth-order valence-corrected chi connectivity index (χ4v) is 3.81. The zero-order chi connectivity index (χ0) is 20.8. The number of halogens is 1. The molecule has 1 aromatic heterocycles. The summed E-state index contributed by atoms with van der Waals surface area (Å²) in [5.41, 5.74) is 0.747. The van der Waals surface area contributed by atoms with E-state index >= 15 is 0 Å². The van der Waals surface area contributed by atoms with E-state index in [2.05, 4.69) is 15.9 Å². The van der Waals surface area contributed by atoms with Crippen LogP contribution in [-0.4, -0.2) is 41.0 Å². The van der Waals surface area contributed by atoms with Crippen molar-refractivity contribution in [2.24, 2.45) is 5.92 Å². The van der Waals surface area contributed by atoms with Crippen molar-refractivity contribution in [1.29, 1.82) is 0 Å². The second kappa shape index (κ2) is 9.69. The van der Waals surface area contributed by atoms with Crippen molar-refractivity contribution in [3.63, 3.8) is 0 Å². The highest BCUT2D eigenvalue weighted by molar-refractivity contribution is 9.10. The second-order valence-electron chi connectivity index (χ2n) is 6.84. The van der Waals surface area contributed by atoms with Crippen molar-refractivity contribution < 1.29 is 14.3 Å². The predicted molar refractivity (Wildman–Crippen MR) is 115 cm³/mol. The second-order valence-corrected chi connectivity index (χ2v) is 7.75. The van der Waals surface area contributed by atoms with Crippen molar-refractivity contribution in [2.45, 2.75) is 19.8 Å². The molecule has 3 rings (SSSR count). The Morgan fingerprint density at radius 3 is 2.79 bits per heavy atom. The number of nitrogens with zero attached hydrogens (tertiary/aromatic N) is 2. The van der Waals surface area contributed by atoms with Gasteiger partial charge in [0.2, 0.25) is 0 Å². The zero-order valence-corrected chi connectivity index (χ0v) is 17.8. The van der Waals surface area contributed by atoms with E-state index in [1.165, 1.54) is 10.6 Å². The van der Waals surface area contributed by atoms with E-state index < -0.39 is 0 Å².